The fourth-order valence-corrected chi connectivity index (χ4v) is 12.3. The molecular formula is C49H56N8O9S. The van der Waals surface area contributed by atoms with Crippen molar-refractivity contribution in [2.45, 2.75) is 101 Å². The van der Waals surface area contributed by atoms with Crippen molar-refractivity contribution in [3.05, 3.63) is 99.7 Å². The number of hydrogen-bond donors (Lipinski definition) is 3. The molecule has 1 saturated carbocycles. The predicted molar refractivity (Wildman–Crippen MR) is 252 cm³/mol. The van der Waals surface area contributed by atoms with Crippen LogP contribution in [-0.2, 0) is 19.5 Å². The third-order valence-corrected chi connectivity index (χ3v) is 15.8. The number of anilines is 4. The number of nitrogens with one attached hydrogen (secondary N) is 3. The molecule has 5 aliphatic heterocycles. The van der Waals surface area contributed by atoms with Gasteiger partial charge in [-0.15, -0.1) is 0 Å². The van der Waals surface area contributed by atoms with E-state index in [9.17, 15) is 23.3 Å². The number of carbonyl (C=O) groups excluding carboxylic acids is 1. The second-order valence-corrected chi connectivity index (χ2v) is 21.4. The molecule has 6 aliphatic rings. The van der Waals surface area contributed by atoms with Gasteiger partial charge in [-0.25, -0.2) is 13.1 Å². The van der Waals surface area contributed by atoms with Crippen molar-refractivity contribution in [3.8, 4) is 11.6 Å². The number of sulfonamides is 1. The summed E-state index contributed by atoms with van der Waals surface area (Å²) in [5.41, 5.74) is 5.34. The quantitative estimate of drug-likeness (QED) is 0.0827. The maximum absolute atomic E-state index is 14.6. The number of nitro groups is 1. The molecule has 3 saturated heterocycles. The van der Waals surface area contributed by atoms with Gasteiger partial charge in [0.05, 0.1) is 59.1 Å². The molecule has 5 aromatic rings. The summed E-state index contributed by atoms with van der Waals surface area (Å²) in [6.45, 7) is 12.1. The van der Waals surface area contributed by atoms with Crippen molar-refractivity contribution in [3.63, 3.8) is 0 Å². The minimum absolute atomic E-state index is 0.0181. The minimum Gasteiger partial charge on any atom is -0.489 e. The third kappa shape index (κ3) is 7.80. The molecule has 4 fully saturated rings. The van der Waals surface area contributed by atoms with Crippen LogP contribution in [0.1, 0.15) is 86.8 Å². The highest BCUT2D eigenvalue weighted by Crippen LogP contribution is 2.55. The first-order chi connectivity index (χ1) is 32.2. The Morgan fingerprint density at radius 3 is 2.64 bits per heavy atom. The molecule has 1 aliphatic carbocycles. The number of amides is 1. The largest absolute Gasteiger partial charge is 0.489 e. The molecule has 18 heteroatoms. The van der Waals surface area contributed by atoms with Crippen molar-refractivity contribution in [2.24, 2.45) is 5.41 Å². The first-order valence-electron chi connectivity index (χ1n) is 23.4. The summed E-state index contributed by atoms with van der Waals surface area (Å²) in [6, 6.07) is 20.6. The number of carbonyl (C=O) groups is 1. The van der Waals surface area contributed by atoms with Crippen LogP contribution in [0.15, 0.2) is 77.8 Å². The number of benzene rings is 3. The molecule has 0 radical (unpaired) electrons. The molecule has 11 rings (SSSR count). The van der Waals surface area contributed by atoms with Crippen LogP contribution in [-0.4, -0.2) is 111 Å². The third-order valence-electron chi connectivity index (χ3n) is 14.5. The van der Waals surface area contributed by atoms with E-state index in [0.29, 0.717) is 54.1 Å². The normalized spacial score (nSPS) is 23.3. The van der Waals surface area contributed by atoms with Crippen LogP contribution in [0.25, 0.3) is 11.0 Å². The molecule has 17 nitrogen and oxygen atoms in total. The lowest BCUT2D eigenvalue weighted by Gasteiger charge is -2.62. The van der Waals surface area contributed by atoms with Gasteiger partial charge in [0.1, 0.15) is 24.0 Å². The molecule has 352 valence electrons. The van der Waals surface area contributed by atoms with E-state index < -0.39 is 43.6 Å². The van der Waals surface area contributed by atoms with E-state index in [4.69, 9.17) is 23.9 Å². The molecule has 67 heavy (non-hydrogen) atoms. The highest BCUT2D eigenvalue weighted by Gasteiger charge is 2.55. The fraction of sp³-hybridized carbons (Fsp3) is 0.469. The van der Waals surface area contributed by atoms with E-state index in [2.05, 4.69) is 62.9 Å². The Labute approximate surface area is 389 Å². The summed E-state index contributed by atoms with van der Waals surface area (Å²) >= 11 is 0. The standard InChI is InChI=1S/C49H56N8O9S/c1-28(2)35-8-5-6-9-36(35)38-10-7-15-55(38)33-20-49(21-33)26-54(27-49)32-11-12-37(39(17-32)56-41-16-30-13-14-50-46(30)52-48(41)66-44-25-63-24-42(44)56)47(58)53-67(61,62)34-18-40(57(59)60)45-43(19-34)65-23-31(51-45)22-64-29(3)4/h5-6,8-9,11-14,16-19,28-29,31,33,38,42,44,51H,7,10,15,20-27H2,1-4H3,(H,50,52)(H,53,58)/t31-,38-,42-,44-/m0/s1. The van der Waals surface area contributed by atoms with Gasteiger partial charge in [0.25, 0.3) is 21.6 Å². The van der Waals surface area contributed by atoms with Crippen LogP contribution < -0.4 is 29.3 Å². The zero-order chi connectivity index (χ0) is 46.4. The first-order valence-corrected chi connectivity index (χ1v) is 24.9. The van der Waals surface area contributed by atoms with Gasteiger partial charge in [-0.1, -0.05) is 38.1 Å². The molecule has 1 amide bonds. The number of pyridine rings is 1. The summed E-state index contributed by atoms with van der Waals surface area (Å²) in [4.78, 5) is 40.8. The molecule has 7 heterocycles. The van der Waals surface area contributed by atoms with Gasteiger partial charge in [-0.2, -0.15) is 4.98 Å². The van der Waals surface area contributed by atoms with Gasteiger partial charge in [0.15, 0.2) is 11.4 Å². The van der Waals surface area contributed by atoms with Crippen molar-refractivity contribution in [1.29, 1.82) is 0 Å². The maximum atomic E-state index is 14.6. The second kappa shape index (κ2) is 16.7. The highest BCUT2D eigenvalue weighted by atomic mass is 32.2. The number of aromatic amines is 1. The summed E-state index contributed by atoms with van der Waals surface area (Å²) in [5, 5.41) is 16.3. The molecule has 0 bridgehead atoms. The molecule has 2 aromatic heterocycles. The Kier molecular flexibility index (Phi) is 10.9. The Balaban J connectivity index is 0.890. The smallest absolute Gasteiger partial charge is 0.297 e. The van der Waals surface area contributed by atoms with Gasteiger partial charge in [-0.05, 0) is 93.5 Å². The summed E-state index contributed by atoms with van der Waals surface area (Å²) in [7, 11) is -4.69. The van der Waals surface area contributed by atoms with Gasteiger partial charge >= 0.3 is 0 Å². The predicted octanol–water partition coefficient (Wildman–Crippen LogP) is 7.41. The monoisotopic (exact) mass is 932 g/mol. The fourth-order valence-electron chi connectivity index (χ4n) is 11.3. The lowest BCUT2D eigenvalue weighted by Crippen LogP contribution is -2.66. The lowest BCUT2D eigenvalue weighted by atomic mass is 9.60. The van der Waals surface area contributed by atoms with Crippen molar-refractivity contribution in [2.75, 3.05) is 61.2 Å². The van der Waals surface area contributed by atoms with Crippen molar-refractivity contribution >= 4 is 55.4 Å². The number of rotatable bonds is 12. The molecule has 3 N–H and O–H groups in total. The average Bonchev–Trinajstić information content (AvgIpc) is 4.07. The Morgan fingerprint density at radius 2 is 1.85 bits per heavy atom. The topological polar surface area (TPSA) is 194 Å². The number of nitro benzene ring substituents is 1. The Morgan fingerprint density at radius 1 is 1.03 bits per heavy atom. The molecule has 4 atom stereocenters. The van der Waals surface area contributed by atoms with E-state index in [0.717, 1.165) is 49.6 Å². The van der Waals surface area contributed by atoms with E-state index >= 15 is 0 Å². The number of H-pyrrole nitrogens is 1. The van der Waals surface area contributed by atoms with Gasteiger partial charge in [-0.3, -0.25) is 19.8 Å². The number of nitrogens with zero attached hydrogens (tertiary/aromatic N) is 5. The Hall–Kier alpha value is -5.95. The summed E-state index contributed by atoms with van der Waals surface area (Å²) < 4.78 is 54.5. The number of likely N-dealkylation sites (tertiary alicyclic amines) is 1. The highest BCUT2D eigenvalue weighted by molar-refractivity contribution is 7.90. The van der Waals surface area contributed by atoms with Crippen LogP contribution >= 0.6 is 0 Å². The van der Waals surface area contributed by atoms with E-state index in [1.807, 2.05) is 43.0 Å². The Bertz CT molecular complexity index is 2870. The first kappa shape index (κ1) is 43.6. The minimum atomic E-state index is -4.69. The number of hydrogen-bond acceptors (Lipinski definition) is 14. The van der Waals surface area contributed by atoms with Gasteiger partial charge in [0, 0.05) is 60.0 Å². The zero-order valence-electron chi connectivity index (χ0n) is 38.1. The van der Waals surface area contributed by atoms with E-state index in [1.54, 1.807) is 12.3 Å². The van der Waals surface area contributed by atoms with E-state index in [-0.39, 0.29) is 47.8 Å². The van der Waals surface area contributed by atoms with Crippen molar-refractivity contribution < 1.29 is 37.1 Å². The van der Waals surface area contributed by atoms with Crippen LogP contribution in [0, 0.1) is 15.5 Å². The summed E-state index contributed by atoms with van der Waals surface area (Å²) in [5.74, 6) is -0.0983. The summed E-state index contributed by atoms with van der Waals surface area (Å²) in [6.07, 6.45) is 5.94. The van der Waals surface area contributed by atoms with Crippen LogP contribution in [0.5, 0.6) is 11.6 Å². The molecule has 3 aromatic carbocycles. The van der Waals surface area contributed by atoms with E-state index in [1.165, 1.54) is 30.0 Å². The lowest BCUT2D eigenvalue weighted by molar-refractivity contribution is -0.384. The zero-order valence-corrected chi connectivity index (χ0v) is 38.9. The van der Waals surface area contributed by atoms with Gasteiger partial charge in [0.2, 0.25) is 5.88 Å². The van der Waals surface area contributed by atoms with Crippen LogP contribution in [0.3, 0.4) is 0 Å². The van der Waals surface area contributed by atoms with Crippen LogP contribution in [0.2, 0.25) is 0 Å². The van der Waals surface area contributed by atoms with Crippen molar-refractivity contribution in [1.82, 2.24) is 19.6 Å². The molecular weight excluding hydrogens is 877 g/mol. The number of fused-ring (bicyclic) bond motifs is 4. The molecule has 1 spiro atoms. The maximum Gasteiger partial charge on any atom is 0.297 e. The number of ether oxygens (including phenoxy) is 4. The average molecular weight is 933 g/mol. The molecule has 0 unspecified atom stereocenters. The van der Waals surface area contributed by atoms with Crippen LogP contribution in [0.4, 0.5) is 28.4 Å². The second-order valence-electron chi connectivity index (χ2n) is 19.7. The number of aromatic nitrogens is 2. The SMILES string of the molecule is CC(C)OC[C@H]1COc2cc(S(=O)(=O)NC(=O)c3ccc(N4CC5(CC(N6CCC[C@H]6c6ccccc6C(C)C)C5)C4)cc3N3c4cc5cc[nH]c5nc4O[C@H]4COC[C@@H]43)cc([N+](=O)[O-])c2N1. The van der Waals surface area contributed by atoms with Gasteiger partial charge < -0.3 is 39.0 Å².